The molecule has 1 heterocycles. The summed E-state index contributed by atoms with van der Waals surface area (Å²) >= 11 is 1.78. The number of hydrogen-bond donors (Lipinski definition) is 1. The topological polar surface area (TPSA) is 47.6 Å². The molecular weight excluding hydrogens is 233 g/mol. The maximum Gasteiger partial charge on any atom is 0.326 e. The average Bonchev–Trinajstić information content (AvgIpc) is 2.50. The molecule has 0 bridgehead atoms. The predicted octanol–water partition coefficient (Wildman–Crippen LogP) is 2.07. The van der Waals surface area contributed by atoms with Crippen LogP contribution in [0.2, 0.25) is 0 Å². The Bertz CT molecular complexity index is 231. The minimum atomic E-state index is -1.61. The van der Waals surface area contributed by atoms with Gasteiger partial charge in [0.05, 0.1) is 23.2 Å². The van der Waals surface area contributed by atoms with Crippen LogP contribution in [0.5, 0.6) is 0 Å². The highest BCUT2D eigenvalue weighted by atomic mass is 32.7. The average molecular weight is 252 g/mol. The number of esters is 1. The van der Waals surface area contributed by atoms with Crippen molar-refractivity contribution in [1.82, 2.24) is 5.09 Å². The number of hydrogen-bond acceptors (Lipinski definition) is 5. The maximum atomic E-state index is 11.6. The first-order valence-corrected chi connectivity index (χ1v) is 8.81. The van der Waals surface area contributed by atoms with E-state index in [1.54, 1.807) is 11.4 Å². The van der Waals surface area contributed by atoms with Gasteiger partial charge in [0, 0.05) is 0 Å². The Morgan fingerprint density at radius 3 is 2.67 bits per heavy atom. The molecule has 0 aromatic rings. The summed E-state index contributed by atoms with van der Waals surface area (Å²) in [5.74, 6) is 0.797. The van der Waals surface area contributed by atoms with Gasteiger partial charge in [0.25, 0.3) is 6.84 Å². The zero-order valence-corrected chi connectivity index (χ0v) is 11.4. The van der Waals surface area contributed by atoms with Crippen molar-refractivity contribution >= 4 is 24.2 Å². The van der Waals surface area contributed by atoms with Gasteiger partial charge in [0.15, 0.2) is 0 Å². The summed E-state index contributed by atoms with van der Waals surface area (Å²) in [6, 6.07) is -0.295. The van der Waals surface area contributed by atoms with Crippen LogP contribution < -0.4 is 5.09 Å². The molecule has 1 aliphatic heterocycles. The van der Waals surface area contributed by atoms with Crippen LogP contribution in [0, 0.1) is 0 Å². The standard InChI is InChI=1S/C9H19NO3PS/c1-7(2)13-9(11)8(3)10-14(4)12-5-6-15-14/h7-8,10H,5-6H2,1-4H3/q+1/t8-,14?/m0/s1. The molecule has 1 saturated heterocycles. The van der Waals surface area contributed by atoms with E-state index in [0.29, 0.717) is 0 Å². The van der Waals surface area contributed by atoms with Crippen molar-refractivity contribution in [1.29, 1.82) is 0 Å². The minimum absolute atomic E-state index is 0.0648. The monoisotopic (exact) mass is 252 g/mol. The molecule has 15 heavy (non-hydrogen) atoms. The second-order valence-electron chi connectivity index (χ2n) is 3.85. The molecule has 1 rings (SSSR count). The van der Waals surface area contributed by atoms with Crippen molar-refractivity contribution in [3.8, 4) is 0 Å². The van der Waals surface area contributed by atoms with E-state index in [-0.39, 0.29) is 18.1 Å². The highest BCUT2D eigenvalue weighted by Crippen LogP contribution is 2.68. The Labute approximate surface area is 95.7 Å². The molecule has 1 aliphatic rings. The number of carbonyl (C=O) groups excluding carboxylic acids is 1. The molecule has 0 aromatic carbocycles. The predicted molar refractivity (Wildman–Crippen MR) is 65.1 cm³/mol. The smallest absolute Gasteiger partial charge is 0.326 e. The molecule has 1 fully saturated rings. The third-order valence-electron chi connectivity index (χ3n) is 1.89. The summed E-state index contributed by atoms with van der Waals surface area (Å²) in [5, 5.41) is 3.24. The van der Waals surface area contributed by atoms with Gasteiger partial charge < -0.3 is 4.74 Å². The summed E-state index contributed by atoms with van der Waals surface area (Å²) in [6.45, 7) is 6.73. The highest BCUT2D eigenvalue weighted by molar-refractivity contribution is 8.60. The van der Waals surface area contributed by atoms with Crippen molar-refractivity contribution in [2.75, 3.05) is 19.0 Å². The number of nitrogens with one attached hydrogen (secondary N) is 1. The first kappa shape index (κ1) is 13.2. The molecule has 0 radical (unpaired) electrons. The van der Waals surface area contributed by atoms with Gasteiger partial charge in [0.2, 0.25) is 0 Å². The Morgan fingerprint density at radius 1 is 1.53 bits per heavy atom. The summed E-state index contributed by atoms with van der Waals surface area (Å²) in [4.78, 5) is 11.6. The molecule has 6 heteroatoms. The summed E-state index contributed by atoms with van der Waals surface area (Å²) in [6.07, 6.45) is -0.0648. The lowest BCUT2D eigenvalue weighted by atomic mass is 10.4. The molecule has 0 aromatic heterocycles. The van der Waals surface area contributed by atoms with Crippen LogP contribution in [0.25, 0.3) is 0 Å². The Morgan fingerprint density at radius 2 is 2.20 bits per heavy atom. The lowest BCUT2D eigenvalue weighted by molar-refractivity contribution is -0.148. The quantitative estimate of drug-likeness (QED) is 0.613. The Kier molecular flexibility index (Phi) is 4.84. The fourth-order valence-corrected chi connectivity index (χ4v) is 5.79. The van der Waals surface area contributed by atoms with Crippen LogP contribution in [0.1, 0.15) is 20.8 Å². The molecule has 0 saturated carbocycles. The van der Waals surface area contributed by atoms with Crippen LogP contribution in [-0.2, 0) is 14.1 Å². The fraction of sp³-hybridized carbons (Fsp3) is 0.889. The van der Waals surface area contributed by atoms with Crippen molar-refractivity contribution in [3.05, 3.63) is 0 Å². The molecule has 0 amide bonds. The van der Waals surface area contributed by atoms with Crippen molar-refractivity contribution in [2.45, 2.75) is 32.9 Å². The van der Waals surface area contributed by atoms with E-state index in [1.807, 2.05) is 27.4 Å². The molecule has 0 aliphatic carbocycles. The summed E-state index contributed by atoms with van der Waals surface area (Å²) < 4.78 is 10.7. The second kappa shape index (κ2) is 5.48. The lowest BCUT2D eigenvalue weighted by Gasteiger charge is -2.19. The Balaban J connectivity index is 2.40. The van der Waals surface area contributed by atoms with E-state index < -0.39 is 6.84 Å². The molecule has 88 valence electrons. The van der Waals surface area contributed by atoms with Crippen LogP contribution in [0.3, 0.4) is 0 Å². The van der Waals surface area contributed by atoms with Gasteiger partial charge in [0.1, 0.15) is 19.3 Å². The summed E-state index contributed by atoms with van der Waals surface area (Å²) in [7, 11) is 0. The molecule has 4 nitrogen and oxygen atoms in total. The van der Waals surface area contributed by atoms with Gasteiger partial charge in [-0.15, -0.1) is 5.09 Å². The van der Waals surface area contributed by atoms with Gasteiger partial charge in [-0.05, 0) is 20.8 Å². The molecular formula is C9H19NO3PS+. The number of ether oxygens (including phenoxy) is 1. The molecule has 0 spiro atoms. The molecule has 1 N–H and O–H groups in total. The third-order valence-corrected chi connectivity index (χ3v) is 6.92. The Hall–Kier alpha value is 0.170. The SMILES string of the molecule is CC(C)OC(=O)[C@H](C)N[P+]1(C)OCCS1. The van der Waals surface area contributed by atoms with E-state index in [2.05, 4.69) is 5.09 Å². The highest BCUT2D eigenvalue weighted by Gasteiger charge is 2.43. The van der Waals surface area contributed by atoms with Gasteiger partial charge in [-0.3, -0.25) is 4.79 Å². The van der Waals surface area contributed by atoms with Crippen LogP contribution in [-0.4, -0.2) is 37.1 Å². The zero-order chi connectivity index (χ0) is 11.5. The normalized spacial score (nSPS) is 28.1. The minimum Gasteiger partial charge on any atom is -0.462 e. The maximum absolute atomic E-state index is 11.6. The number of rotatable bonds is 4. The van der Waals surface area contributed by atoms with E-state index in [1.165, 1.54) is 0 Å². The first-order valence-electron chi connectivity index (χ1n) is 5.07. The van der Waals surface area contributed by atoms with Crippen LogP contribution >= 0.6 is 18.2 Å². The van der Waals surface area contributed by atoms with Gasteiger partial charge in [-0.1, -0.05) is 0 Å². The molecule has 1 unspecified atom stereocenters. The molecule has 2 atom stereocenters. The third kappa shape index (κ3) is 4.27. The first-order chi connectivity index (χ1) is 6.93. The fourth-order valence-electron chi connectivity index (χ4n) is 1.27. The van der Waals surface area contributed by atoms with Gasteiger partial charge in [-0.25, -0.2) is 4.52 Å². The number of carbonyl (C=O) groups is 1. The van der Waals surface area contributed by atoms with Gasteiger partial charge >= 0.3 is 5.97 Å². The van der Waals surface area contributed by atoms with Crippen molar-refractivity contribution in [3.63, 3.8) is 0 Å². The second-order valence-corrected chi connectivity index (χ2v) is 9.59. The van der Waals surface area contributed by atoms with E-state index >= 15 is 0 Å². The van der Waals surface area contributed by atoms with E-state index in [9.17, 15) is 4.79 Å². The van der Waals surface area contributed by atoms with Crippen LogP contribution in [0.4, 0.5) is 0 Å². The largest absolute Gasteiger partial charge is 0.462 e. The van der Waals surface area contributed by atoms with E-state index in [0.717, 1.165) is 12.4 Å². The van der Waals surface area contributed by atoms with Gasteiger partial charge in [-0.2, -0.15) is 0 Å². The lowest BCUT2D eigenvalue weighted by Crippen LogP contribution is -2.35. The van der Waals surface area contributed by atoms with Crippen molar-refractivity contribution in [2.24, 2.45) is 0 Å². The van der Waals surface area contributed by atoms with E-state index in [4.69, 9.17) is 9.26 Å². The van der Waals surface area contributed by atoms with Crippen molar-refractivity contribution < 1.29 is 14.1 Å². The van der Waals surface area contributed by atoms with Crippen LogP contribution in [0.15, 0.2) is 0 Å². The summed E-state index contributed by atoms with van der Waals surface area (Å²) in [5.41, 5.74) is 0. The zero-order valence-electron chi connectivity index (χ0n) is 9.65.